The molecule has 0 fully saturated rings. The second-order valence-corrected chi connectivity index (χ2v) is 4.54. The number of aromatic nitrogens is 1. The molecule has 2 heterocycles. The van der Waals surface area contributed by atoms with Crippen LogP contribution in [0.5, 0.6) is 5.88 Å². The Kier molecular flexibility index (Phi) is 2.61. The third-order valence-electron chi connectivity index (χ3n) is 2.44. The topological polar surface area (TPSA) is 59.4 Å². The number of nitrogens with zero attached hydrogens (tertiary/aromatic N) is 1. The van der Waals surface area contributed by atoms with Crippen LogP contribution in [-0.2, 0) is 11.2 Å². The fourth-order valence-electron chi connectivity index (χ4n) is 1.78. The molecular formula is C12H12FNO3. The van der Waals surface area contributed by atoms with Crippen molar-refractivity contribution in [3.8, 4) is 5.88 Å². The lowest BCUT2D eigenvalue weighted by molar-refractivity contribution is -0.131. The van der Waals surface area contributed by atoms with Gasteiger partial charge < -0.3 is 9.84 Å². The molecule has 0 radical (unpaired) electrons. The van der Waals surface area contributed by atoms with Gasteiger partial charge in [-0.1, -0.05) is 0 Å². The number of halogens is 1. The van der Waals surface area contributed by atoms with E-state index in [1.165, 1.54) is 6.08 Å². The highest BCUT2D eigenvalue weighted by atomic mass is 19.1. The second kappa shape index (κ2) is 3.84. The van der Waals surface area contributed by atoms with E-state index in [9.17, 15) is 9.18 Å². The maximum atomic E-state index is 13.5. The standard InChI is InChI=1S/C12H12FNO3/c1-12(2)6-8-5-7(3-4-9(15)16)10(13)14-11(8)17-12/h3-5H,6H2,1-2H3,(H,15,16)/b4-3+. The van der Waals surface area contributed by atoms with Crippen LogP contribution in [0, 0.1) is 5.95 Å². The number of carbonyl (C=O) groups is 1. The van der Waals surface area contributed by atoms with Gasteiger partial charge in [-0.15, -0.1) is 0 Å². The van der Waals surface area contributed by atoms with Gasteiger partial charge in [0.05, 0.1) is 0 Å². The molecule has 0 bridgehead atoms. The molecule has 1 aliphatic heterocycles. The molecule has 17 heavy (non-hydrogen) atoms. The third kappa shape index (κ3) is 2.43. The Bertz CT molecular complexity index is 509. The van der Waals surface area contributed by atoms with Gasteiger partial charge in [0.2, 0.25) is 11.8 Å². The average Bonchev–Trinajstić information content (AvgIpc) is 2.47. The smallest absolute Gasteiger partial charge is 0.328 e. The Labute approximate surface area is 97.7 Å². The van der Waals surface area contributed by atoms with Gasteiger partial charge in [0.15, 0.2) is 0 Å². The molecular weight excluding hydrogens is 225 g/mol. The Balaban J connectivity index is 2.37. The Hall–Kier alpha value is -1.91. The minimum Gasteiger partial charge on any atom is -0.478 e. The lowest BCUT2D eigenvalue weighted by Gasteiger charge is -2.15. The number of hydrogen-bond donors (Lipinski definition) is 1. The number of fused-ring (bicyclic) bond motifs is 1. The van der Waals surface area contributed by atoms with E-state index in [0.29, 0.717) is 12.3 Å². The summed E-state index contributed by atoms with van der Waals surface area (Å²) in [6.45, 7) is 3.78. The van der Waals surface area contributed by atoms with Crippen LogP contribution in [0.2, 0.25) is 0 Å². The van der Waals surface area contributed by atoms with Crippen LogP contribution >= 0.6 is 0 Å². The SMILES string of the molecule is CC1(C)Cc2cc(/C=C/C(=O)O)c(F)nc2O1. The molecule has 0 aliphatic carbocycles. The first-order valence-corrected chi connectivity index (χ1v) is 5.17. The summed E-state index contributed by atoms with van der Waals surface area (Å²) in [5, 5.41) is 8.49. The van der Waals surface area contributed by atoms with Crippen LogP contribution in [0.1, 0.15) is 25.0 Å². The Morgan fingerprint density at radius 1 is 1.65 bits per heavy atom. The molecule has 4 nitrogen and oxygen atoms in total. The number of pyridine rings is 1. The van der Waals surface area contributed by atoms with E-state index in [1.54, 1.807) is 6.07 Å². The van der Waals surface area contributed by atoms with Gasteiger partial charge in [-0.2, -0.15) is 9.37 Å². The lowest BCUT2D eigenvalue weighted by atomic mass is 10.0. The zero-order chi connectivity index (χ0) is 12.6. The Morgan fingerprint density at radius 3 is 3.00 bits per heavy atom. The van der Waals surface area contributed by atoms with Crippen molar-refractivity contribution >= 4 is 12.0 Å². The van der Waals surface area contributed by atoms with E-state index in [0.717, 1.165) is 11.6 Å². The molecule has 0 atom stereocenters. The molecule has 2 rings (SSSR count). The van der Waals surface area contributed by atoms with Crippen LogP contribution in [-0.4, -0.2) is 21.7 Å². The summed E-state index contributed by atoms with van der Waals surface area (Å²) in [4.78, 5) is 14.1. The second-order valence-electron chi connectivity index (χ2n) is 4.54. The predicted octanol–water partition coefficient (Wildman–Crippen LogP) is 2.03. The van der Waals surface area contributed by atoms with E-state index >= 15 is 0 Å². The van der Waals surface area contributed by atoms with Gasteiger partial charge >= 0.3 is 5.97 Å². The van der Waals surface area contributed by atoms with Crippen LogP contribution < -0.4 is 4.74 Å². The normalized spacial score (nSPS) is 16.9. The number of aliphatic carboxylic acids is 1. The molecule has 1 aromatic heterocycles. The van der Waals surface area contributed by atoms with Crippen molar-refractivity contribution in [3.63, 3.8) is 0 Å². The third-order valence-corrected chi connectivity index (χ3v) is 2.44. The number of carboxylic acid groups (broad SMARTS) is 1. The Morgan fingerprint density at radius 2 is 2.35 bits per heavy atom. The minimum absolute atomic E-state index is 0.160. The predicted molar refractivity (Wildman–Crippen MR) is 59.3 cm³/mol. The highest BCUT2D eigenvalue weighted by Gasteiger charge is 2.32. The first-order chi connectivity index (χ1) is 7.87. The van der Waals surface area contributed by atoms with E-state index in [1.807, 2.05) is 13.8 Å². The van der Waals surface area contributed by atoms with Gasteiger partial charge in [-0.25, -0.2) is 4.79 Å². The molecule has 5 heteroatoms. The number of hydrogen-bond acceptors (Lipinski definition) is 3. The number of ether oxygens (including phenoxy) is 1. The lowest BCUT2D eigenvalue weighted by Crippen LogP contribution is -2.24. The summed E-state index contributed by atoms with van der Waals surface area (Å²) in [6, 6.07) is 1.58. The summed E-state index contributed by atoms with van der Waals surface area (Å²) >= 11 is 0. The van der Waals surface area contributed by atoms with Gasteiger partial charge in [-0.3, -0.25) is 0 Å². The summed E-state index contributed by atoms with van der Waals surface area (Å²) in [7, 11) is 0. The van der Waals surface area contributed by atoms with Gasteiger partial charge in [0.25, 0.3) is 0 Å². The molecule has 90 valence electrons. The zero-order valence-electron chi connectivity index (χ0n) is 9.53. The maximum Gasteiger partial charge on any atom is 0.328 e. The van der Waals surface area contributed by atoms with Crippen LogP contribution in [0.4, 0.5) is 4.39 Å². The highest BCUT2D eigenvalue weighted by Crippen LogP contribution is 2.34. The van der Waals surface area contributed by atoms with E-state index in [4.69, 9.17) is 9.84 Å². The van der Waals surface area contributed by atoms with Crippen molar-refractivity contribution in [2.24, 2.45) is 0 Å². The molecule has 0 saturated heterocycles. The molecule has 1 aromatic rings. The van der Waals surface area contributed by atoms with Gasteiger partial charge in [0, 0.05) is 23.6 Å². The number of rotatable bonds is 2. The monoisotopic (exact) mass is 237 g/mol. The zero-order valence-corrected chi connectivity index (χ0v) is 9.53. The minimum atomic E-state index is -1.12. The van der Waals surface area contributed by atoms with E-state index in [-0.39, 0.29) is 5.56 Å². The fraction of sp³-hybridized carbons (Fsp3) is 0.333. The first kappa shape index (κ1) is 11.6. The molecule has 1 N–H and O–H groups in total. The van der Waals surface area contributed by atoms with E-state index < -0.39 is 17.5 Å². The molecule has 0 unspecified atom stereocenters. The summed E-state index contributed by atoms with van der Waals surface area (Å²) in [5.41, 5.74) is 0.561. The van der Waals surface area contributed by atoms with Crippen molar-refractivity contribution < 1.29 is 19.0 Å². The molecule has 0 spiro atoms. The van der Waals surface area contributed by atoms with Crippen molar-refractivity contribution in [2.75, 3.05) is 0 Å². The summed E-state index contributed by atoms with van der Waals surface area (Å²) < 4.78 is 19.0. The largest absolute Gasteiger partial charge is 0.478 e. The molecule has 0 saturated carbocycles. The van der Waals surface area contributed by atoms with Crippen LogP contribution in [0.15, 0.2) is 12.1 Å². The highest BCUT2D eigenvalue weighted by molar-refractivity contribution is 5.85. The molecule has 1 aliphatic rings. The van der Waals surface area contributed by atoms with Crippen LogP contribution in [0.25, 0.3) is 6.08 Å². The van der Waals surface area contributed by atoms with Gasteiger partial charge in [0.1, 0.15) is 5.60 Å². The van der Waals surface area contributed by atoms with Crippen LogP contribution in [0.3, 0.4) is 0 Å². The van der Waals surface area contributed by atoms with E-state index in [2.05, 4.69) is 4.98 Å². The molecule has 0 amide bonds. The summed E-state index contributed by atoms with van der Waals surface area (Å²) in [6.07, 6.45) is 2.70. The van der Waals surface area contributed by atoms with Crippen molar-refractivity contribution in [3.05, 3.63) is 29.2 Å². The van der Waals surface area contributed by atoms with Crippen molar-refractivity contribution in [1.29, 1.82) is 0 Å². The summed E-state index contributed by atoms with van der Waals surface area (Å²) in [5.74, 6) is -1.56. The van der Waals surface area contributed by atoms with Gasteiger partial charge in [-0.05, 0) is 26.0 Å². The fourth-order valence-corrected chi connectivity index (χ4v) is 1.78. The number of carboxylic acids is 1. The first-order valence-electron chi connectivity index (χ1n) is 5.17. The van der Waals surface area contributed by atoms with Crippen molar-refractivity contribution in [1.82, 2.24) is 4.98 Å². The average molecular weight is 237 g/mol. The molecule has 0 aromatic carbocycles. The maximum absolute atomic E-state index is 13.5. The van der Waals surface area contributed by atoms with Crippen molar-refractivity contribution in [2.45, 2.75) is 25.9 Å². The quantitative estimate of drug-likeness (QED) is 0.631.